The van der Waals surface area contributed by atoms with Crippen LogP contribution in [0.5, 0.6) is 5.75 Å². The van der Waals surface area contributed by atoms with Crippen molar-refractivity contribution < 1.29 is 4.74 Å². The molecule has 0 heterocycles. The fraction of sp³-hybridized carbons (Fsp3) is 0.500. The molecule has 0 amide bonds. The van der Waals surface area contributed by atoms with Crippen molar-refractivity contribution in [3.05, 3.63) is 23.3 Å². The van der Waals surface area contributed by atoms with E-state index < -0.39 is 0 Å². The zero-order valence-electron chi connectivity index (χ0n) is 8.84. The van der Waals surface area contributed by atoms with E-state index in [-0.39, 0.29) is 0 Å². The summed E-state index contributed by atoms with van der Waals surface area (Å²) in [7, 11) is 1.73. The summed E-state index contributed by atoms with van der Waals surface area (Å²) in [5, 5.41) is 0. The molecule has 1 atom stereocenters. The van der Waals surface area contributed by atoms with Crippen LogP contribution in [-0.4, -0.2) is 7.11 Å². The van der Waals surface area contributed by atoms with Gasteiger partial charge in [-0.3, -0.25) is 0 Å². The molecule has 1 aromatic carbocycles. The molecule has 0 aliphatic heterocycles. The second kappa shape index (κ2) is 3.52. The van der Waals surface area contributed by atoms with Crippen molar-refractivity contribution in [1.29, 1.82) is 0 Å². The van der Waals surface area contributed by atoms with Crippen molar-refractivity contribution in [2.45, 2.75) is 26.2 Å². The molecule has 0 saturated heterocycles. The van der Waals surface area contributed by atoms with E-state index in [4.69, 9.17) is 10.5 Å². The maximum atomic E-state index is 5.97. The van der Waals surface area contributed by atoms with Gasteiger partial charge < -0.3 is 10.5 Å². The van der Waals surface area contributed by atoms with Crippen LogP contribution in [0.3, 0.4) is 0 Å². The minimum absolute atomic E-state index is 0.747. The maximum absolute atomic E-state index is 5.97. The number of hydrogen-bond donors (Lipinski definition) is 1. The average Bonchev–Trinajstić information content (AvgIpc) is 2.19. The van der Waals surface area contributed by atoms with Gasteiger partial charge in [0.25, 0.3) is 0 Å². The lowest BCUT2D eigenvalue weighted by atomic mass is 9.83. The molecule has 0 radical (unpaired) electrons. The molecule has 2 rings (SSSR count). The van der Waals surface area contributed by atoms with Crippen molar-refractivity contribution in [2.24, 2.45) is 5.92 Å². The van der Waals surface area contributed by atoms with Crippen molar-refractivity contribution in [3.63, 3.8) is 0 Å². The molecular formula is C12H17NO. The van der Waals surface area contributed by atoms with Crippen molar-refractivity contribution in [3.8, 4) is 5.75 Å². The SMILES string of the molecule is COc1ccc(N)c2c1CCC(C)C2. The second-order valence-corrected chi connectivity index (χ2v) is 4.16. The van der Waals surface area contributed by atoms with Crippen LogP contribution in [0.4, 0.5) is 5.69 Å². The lowest BCUT2D eigenvalue weighted by molar-refractivity contribution is 0.400. The Morgan fingerprint density at radius 3 is 2.86 bits per heavy atom. The van der Waals surface area contributed by atoms with Crippen LogP contribution in [0, 0.1) is 5.92 Å². The Morgan fingerprint density at radius 1 is 1.36 bits per heavy atom. The zero-order chi connectivity index (χ0) is 10.1. The Labute approximate surface area is 85.1 Å². The zero-order valence-corrected chi connectivity index (χ0v) is 8.84. The van der Waals surface area contributed by atoms with Gasteiger partial charge in [0, 0.05) is 5.69 Å². The molecule has 2 heteroatoms. The molecule has 14 heavy (non-hydrogen) atoms. The Kier molecular flexibility index (Phi) is 2.36. The number of nitrogens with two attached hydrogens (primary N) is 1. The van der Waals surface area contributed by atoms with E-state index in [1.54, 1.807) is 7.11 Å². The number of fused-ring (bicyclic) bond motifs is 1. The summed E-state index contributed by atoms with van der Waals surface area (Å²) in [6.07, 6.45) is 3.44. The third-order valence-corrected chi connectivity index (χ3v) is 3.08. The highest BCUT2D eigenvalue weighted by atomic mass is 16.5. The topological polar surface area (TPSA) is 35.2 Å². The molecular weight excluding hydrogens is 174 g/mol. The fourth-order valence-electron chi connectivity index (χ4n) is 2.24. The van der Waals surface area contributed by atoms with Crippen LogP contribution in [-0.2, 0) is 12.8 Å². The third-order valence-electron chi connectivity index (χ3n) is 3.08. The lowest BCUT2D eigenvalue weighted by Crippen LogP contribution is -2.14. The number of benzene rings is 1. The molecule has 1 unspecified atom stereocenters. The van der Waals surface area contributed by atoms with E-state index in [0.29, 0.717) is 0 Å². The van der Waals surface area contributed by atoms with Gasteiger partial charge in [0.15, 0.2) is 0 Å². The molecule has 0 fully saturated rings. The van der Waals surface area contributed by atoms with Gasteiger partial charge in [-0.1, -0.05) is 6.92 Å². The van der Waals surface area contributed by atoms with Crippen LogP contribution in [0.15, 0.2) is 12.1 Å². The standard InChI is InChI=1S/C12H17NO/c1-8-3-4-9-10(7-8)11(13)5-6-12(9)14-2/h5-6,8H,3-4,7,13H2,1-2H3. The lowest BCUT2D eigenvalue weighted by Gasteiger charge is -2.24. The second-order valence-electron chi connectivity index (χ2n) is 4.16. The summed E-state index contributed by atoms with van der Waals surface area (Å²) in [4.78, 5) is 0. The van der Waals surface area contributed by atoms with Crippen LogP contribution >= 0.6 is 0 Å². The summed E-state index contributed by atoms with van der Waals surface area (Å²) in [6.45, 7) is 2.28. The Bertz CT molecular complexity index is 346. The molecule has 0 spiro atoms. The molecule has 2 nitrogen and oxygen atoms in total. The summed E-state index contributed by atoms with van der Waals surface area (Å²) in [5.41, 5.74) is 9.53. The number of methoxy groups -OCH3 is 1. The van der Waals surface area contributed by atoms with Gasteiger partial charge in [0.1, 0.15) is 5.75 Å². The molecule has 76 valence electrons. The highest BCUT2D eigenvalue weighted by Crippen LogP contribution is 2.35. The van der Waals surface area contributed by atoms with Crippen molar-refractivity contribution in [1.82, 2.24) is 0 Å². The Morgan fingerprint density at radius 2 is 2.14 bits per heavy atom. The Balaban J connectivity index is 2.49. The van der Waals surface area contributed by atoms with Gasteiger partial charge in [-0.2, -0.15) is 0 Å². The molecule has 1 aliphatic carbocycles. The molecule has 1 aliphatic rings. The monoisotopic (exact) mass is 191 g/mol. The first-order chi connectivity index (χ1) is 6.72. The van der Waals surface area contributed by atoms with E-state index in [1.165, 1.54) is 17.5 Å². The molecule has 1 aromatic rings. The first-order valence-corrected chi connectivity index (χ1v) is 5.16. The number of ether oxygens (including phenoxy) is 1. The van der Waals surface area contributed by atoms with E-state index in [9.17, 15) is 0 Å². The van der Waals surface area contributed by atoms with Gasteiger partial charge in [-0.25, -0.2) is 0 Å². The predicted molar refractivity (Wildman–Crippen MR) is 58.6 cm³/mol. The first kappa shape index (κ1) is 9.38. The molecule has 0 saturated carbocycles. The largest absolute Gasteiger partial charge is 0.496 e. The minimum atomic E-state index is 0.747. The normalized spacial score (nSPS) is 20.3. The van der Waals surface area contributed by atoms with E-state index in [2.05, 4.69) is 6.92 Å². The highest BCUT2D eigenvalue weighted by molar-refractivity contribution is 5.57. The molecule has 2 N–H and O–H groups in total. The van der Waals surface area contributed by atoms with Crippen LogP contribution in [0.2, 0.25) is 0 Å². The van der Waals surface area contributed by atoms with Gasteiger partial charge >= 0.3 is 0 Å². The Hall–Kier alpha value is -1.18. The van der Waals surface area contributed by atoms with Gasteiger partial charge in [-0.05, 0) is 48.4 Å². The minimum Gasteiger partial charge on any atom is -0.496 e. The smallest absolute Gasteiger partial charge is 0.122 e. The van der Waals surface area contributed by atoms with E-state index in [1.807, 2.05) is 12.1 Å². The number of rotatable bonds is 1. The van der Waals surface area contributed by atoms with Gasteiger partial charge in [0.2, 0.25) is 0 Å². The summed E-state index contributed by atoms with van der Waals surface area (Å²) in [6, 6.07) is 3.93. The van der Waals surface area contributed by atoms with Crippen molar-refractivity contribution in [2.75, 3.05) is 12.8 Å². The van der Waals surface area contributed by atoms with E-state index in [0.717, 1.165) is 30.2 Å². The van der Waals surface area contributed by atoms with Gasteiger partial charge in [0.05, 0.1) is 7.11 Å². The summed E-state index contributed by atoms with van der Waals surface area (Å²) in [5.74, 6) is 1.75. The van der Waals surface area contributed by atoms with Crippen LogP contribution in [0.1, 0.15) is 24.5 Å². The molecule has 0 aromatic heterocycles. The first-order valence-electron chi connectivity index (χ1n) is 5.16. The predicted octanol–water partition coefficient (Wildman–Crippen LogP) is 2.40. The van der Waals surface area contributed by atoms with Gasteiger partial charge in [-0.15, -0.1) is 0 Å². The summed E-state index contributed by atoms with van der Waals surface area (Å²) >= 11 is 0. The van der Waals surface area contributed by atoms with Crippen molar-refractivity contribution >= 4 is 5.69 Å². The number of hydrogen-bond acceptors (Lipinski definition) is 2. The van der Waals surface area contributed by atoms with E-state index >= 15 is 0 Å². The number of nitrogen functional groups attached to an aromatic ring is 1. The average molecular weight is 191 g/mol. The van der Waals surface area contributed by atoms with Crippen LogP contribution < -0.4 is 10.5 Å². The van der Waals surface area contributed by atoms with Crippen LogP contribution in [0.25, 0.3) is 0 Å². The fourth-order valence-corrected chi connectivity index (χ4v) is 2.24. The quantitative estimate of drug-likeness (QED) is 0.692. The molecule has 0 bridgehead atoms. The summed E-state index contributed by atoms with van der Waals surface area (Å²) < 4.78 is 5.35. The maximum Gasteiger partial charge on any atom is 0.122 e. The highest BCUT2D eigenvalue weighted by Gasteiger charge is 2.20. The number of anilines is 1. The third kappa shape index (κ3) is 1.45.